The number of carbonyl (C=O) groups excluding carboxylic acids is 19. The van der Waals surface area contributed by atoms with Crippen LogP contribution in [0, 0.1) is 17.8 Å². The van der Waals surface area contributed by atoms with E-state index in [0.717, 1.165) is 19.3 Å². The normalized spacial score (nSPS) is 14.9. The molecule has 128 heavy (non-hydrogen) atoms. The van der Waals surface area contributed by atoms with E-state index in [1.807, 2.05) is 13.8 Å². The number of nitrogens with one attached hydrogen (secondary N) is 6. The third-order valence-electron chi connectivity index (χ3n) is 18.0. The number of imide groups is 2. The Morgan fingerprint density at radius 3 is 0.820 bits per heavy atom. The molecule has 0 aromatic rings. The van der Waals surface area contributed by atoms with E-state index in [4.69, 9.17) is 51.6 Å². The Morgan fingerprint density at radius 1 is 0.352 bits per heavy atom. The second-order valence-electron chi connectivity index (χ2n) is 33.9. The maximum atomic E-state index is 13.5. The van der Waals surface area contributed by atoms with Gasteiger partial charge >= 0.3 is 36.3 Å². The molecular weight excluding hydrogens is 1790 g/mol. The first-order chi connectivity index (χ1) is 60.0. The van der Waals surface area contributed by atoms with Gasteiger partial charge in [-0.15, -0.1) is 10.1 Å². The molecule has 0 aliphatic carbocycles. The number of carbonyl (C=O) groups is 19. The quantitative estimate of drug-likeness (QED) is 0.00930. The zero-order valence-corrected chi connectivity index (χ0v) is 81.4. The molecule has 5 saturated heterocycles. The second kappa shape index (κ2) is 60.5. The standard InChI is InChI=1S/C39H68N8O10S4.C33H50N6O14.C7H14N2OS2.C2H6.3H2/c1-38(2,3)56-36(54)44-20-12-22-46(23-13-21-45-37(55)57-39(4,5)6)30(50)16-11-17-31(51)47(24-28(48)42-18-9-7-14-26(32(40)52)34-58-59-34)25-29(49)43-19-10-8-15-27(33(41)53)35-60-61-35;1-32(2,3)50-30(48)34-16-8-18-36(19-9-17-35-31(49)51-33(4,5)6)22(40)10-7-11-23(41)37(20-28(46)52-38-24(42)12-13-25(38)43)21-29(47)53-39-26(44)14-15-27(39)45;8-4-2-1-3-5(6(9)10)7-11-12-7;1-2;;;/h26-27,34-35H,7-25H2,1-6H3,(H2,40,52)(H2,41,53)(H,42,48)(H,43,49)(H,44,54)(H,45,55);7-21H2,1-6H3,(H,34,48)(H,35,49);5,7H,1-4,8H2,(H2,9,10);1-2H3;3*1H/t26-,27-;;5-;;;;/m0.0..../s1. The van der Waals surface area contributed by atoms with Crippen molar-refractivity contribution in [2.24, 2.45) is 40.7 Å². The summed E-state index contributed by atoms with van der Waals surface area (Å²) in [6.45, 7) is 25.6. The molecule has 47 heteroatoms. The molecule has 734 valence electrons. The van der Waals surface area contributed by atoms with Gasteiger partial charge in [-0.25, -0.2) is 28.8 Å². The summed E-state index contributed by atoms with van der Waals surface area (Å²) in [7, 11) is 9.99. The SMILES string of the molecule is CC.CC(C)(C)OC(=O)NCCCN(CCCNC(=O)OC(C)(C)C)C(=O)CCCC(=O)N(CC(=O)NCCCC[C@@H](C(N)=O)C1SS1)CC(=O)NCCCC[C@@H](C(N)=O)C1SS1.CC(C)(C)OC(=O)NCCCN(CCCNC(=O)OC(C)(C)C)C(=O)CCCC(=O)N(CC(=O)ON1C(=O)CCC1=O)CC(=O)ON1C(=O)CCC1=O.NCCCC[C@@H](C(N)=O)C1SS1.[HH].[HH].[HH]. The highest BCUT2D eigenvalue weighted by molar-refractivity contribution is 8.93. The molecule has 5 heterocycles. The van der Waals surface area contributed by atoms with Crippen molar-refractivity contribution in [1.29, 1.82) is 0 Å². The van der Waals surface area contributed by atoms with Gasteiger partial charge in [0.25, 0.3) is 23.6 Å². The number of amides is 17. The van der Waals surface area contributed by atoms with Crippen LogP contribution >= 0.6 is 64.8 Å². The topological polar surface area (TPSA) is 575 Å². The summed E-state index contributed by atoms with van der Waals surface area (Å²) in [6, 6.07) is 0. The fourth-order valence-corrected chi connectivity index (χ4v) is 17.3. The summed E-state index contributed by atoms with van der Waals surface area (Å²) in [4.78, 5) is 249. The minimum atomic E-state index is -1.23. The van der Waals surface area contributed by atoms with Crippen LogP contribution in [0.25, 0.3) is 0 Å². The van der Waals surface area contributed by atoms with Gasteiger partial charge in [0.05, 0.1) is 31.5 Å². The highest BCUT2D eigenvalue weighted by atomic mass is 33.2. The van der Waals surface area contributed by atoms with Gasteiger partial charge in [0.2, 0.25) is 53.2 Å². The molecule has 0 aromatic heterocycles. The Balaban J connectivity index is 0. The van der Waals surface area contributed by atoms with Crippen molar-refractivity contribution in [2.45, 2.75) is 281 Å². The van der Waals surface area contributed by atoms with Crippen molar-refractivity contribution >= 4 is 178 Å². The molecule has 0 radical (unpaired) electrons. The van der Waals surface area contributed by atoms with Crippen LogP contribution < -0.4 is 54.8 Å². The van der Waals surface area contributed by atoms with Gasteiger partial charge in [-0.05, 0) is 167 Å². The summed E-state index contributed by atoms with van der Waals surface area (Å²) in [6.07, 6.45) is 4.68. The summed E-state index contributed by atoms with van der Waals surface area (Å²) < 4.78 is 21.8. The first kappa shape index (κ1) is 116. The number of primary amides is 3. The van der Waals surface area contributed by atoms with E-state index in [9.17, 15) is 91.1 Å². The number of ether oxygens (including phenoxy) is 4. The minimum absolute atomic E-state index is 0. The number of nitrogens with zero attached hydrogens (tertiary/aromatic N) is 6. The fourth-order valence-electron chi connectivity index (χ4n) is 11.7. The molecule has 3 atom stereocenters. The Morgan fingerprint density at radius 2 is 0.586 bits per heavy atom. The highest BCUT2D eigenvalue weighted by Gasteiger charge is 2.41. The smallest absolute Gasteiger partial charge is 0.407 e. The minimum Gasteiger partial charge on any atom is -0.444 e. The Labute approximate surface area is 778 Å². The van der Waals surface area contributed by atoms with Crippen LogP contribution in [0.5, 0.6) is 0 Å². The van der Waals surface area contributed by atoms with Crippen LogP contribution in [0.2, 0.25) is 0 Å². The van der Waals surface area contributed by atoms with Gasteiger partial charge in [0.15, 0.2) is 0 Å². The van der Waals surface area contributed by atoms with E-state index < -0.39 is 119 Å². The predicted molar refractivity (Wildman–Crippen MR) is 493 cm³/mol. The lowest BCUT2D eigenvalue weighted by molar-refractivity contribution is -0.201. The Bertz CT molecular complexity index is 3480. The maximum Gasteiger partial charge on any atom is 0.407 e. The molecule has 0 saturated carbocycles. The van der Waals surface area contributed by atoms with E-state index in [-0.39, 0.29) is 187 Å². The van der Waals surface area contributed by atoms with Gasteiger partial charge in [0, 0.05) is 121 Å². The molecule has 5 rings (SSSR count). The Kier molecular flexibility index (Phi) is 54.7. The van der Waals surface area contributed by atoms with Gasteiger partial charge in [0.1, 0.15) is 48.6 Å². The number of rotatable bonds is 54. The highest BCUT2D eigenvalue weighted by Crippen LogP contribution is 2.59. The fraction of sp³-hybridized carbons (Fsp3) is 0.765. The molecule has 5 aliphatic heterocycles. The van der Waals surface area contributed by atoms with E-state index in [1.54, 1.807) is 153 Å². The predicted octanol–water partition coefficient (Wildman–Crippen LogP) is 7.42. The summed E-state index contributed by atoms with van der Waals surface area (Å²) in [5, 5.41) is 16.7. The second-order valence-corrected chi connectivity index (χ2v) is 42.4. The van der Waals surface area contributed by atoms with Crippen LogP contribution in [-0.4, -0.2) is 277 Å². The number of unbranched alkanes of at least 4 members (excludes halogenated alkanes) is 3. The average molecular weight is 1930 g/mol. The summed E-state index contributed by atoms with van der Waals surface area (Å²) >= 11 is 0. The average Bonchev–Trinajstić information content (AvgIpc) is 1.73. The van der Waals surface area contributed by atoms with Crippen molar-refractivity contribution in [1.82, 2.24) is 61.6 Å². The van der Waals surface area contributed by atoms with Gasteiger partial charge in [-0.3, -0.25) is 62.3 Å². The van der Waals surface area contributed by atoms with Crippen LogP contribution in [0.15, 0.2) is 0 Å². The van der Waals surface area contributed by atoms with Crippen molar-refractivity contribution < 1.29 is 124 Å². The molecule has 0 aromatic carbocycles. The zero-order chi connectivity index (χ0) is 96.5. The lowest BCUT2D eigenvalue weighted by Gasteiger charge is -2.25. The number of alkyl carbamates (subject to hydrolysis) is 4. The third kappa shape index (κ3) is 54.3. The lowest BCUT2D eigenvalue weighted by Crippen LogP contribution is -2.46. The van der Waals surface area contributed by atoms with E-state index in [0.29, 0.717) is 106 Å². The number of hydrogen-bond donors (Lipinski definition) is 10. The van der Waals surface area contributed by atoms with Gasteiger partial charge in [-0.2, -0.15) is 0 Å². The van der Waals surface area contributed by atoms with Crippen LogP contribution in [0.4, 0.5) is 19.2 Å². The molecule has 0 bridgehead atoms. The van der Waals surface area contributed by atoms with Crippen molar-refractivity contribution in [3.63, 3.8) is 0 Å². The molecule has 0 unspecified atom stereocenters. The summed E-state index contributed by atoms with van der Waals surface area (Å²) in [5.41, 5.74) is 19.0. The number of hydroxylamine groups is 4. The van der Waals surface area contributed by atoms with Crippen molar-refractivity contribution in [3.8, 4) is 0 Å². The van der Waals surface area contributed by atoms with Crippen LogP contribution in [-0.2, 0) is 101 Å². The molecule has 0 spiro atoms. The Hall–Kier alpha value is -8.41. The lowest BCUT2D eigenvalue weighted by atomic mass is 10.0. The largest absolute Gasteiger partial charge is 0.444 e. The van der Waals surface area contributed by atoms with E-state index in [1.165, 1.54) is 9.80 Å². The molecule has 5 fully saturated rings. The molecule has 14 N–H and O–H groups in total. The first-order valence-corrected chi connectivity index (χ1v) is 50.1. The first-order valence-electron chi connectivity index (χ1n) is 43.2. The van der Waals surface area contributed by atoms with E-state index >= 15 is 0 Å². The molecular formula is C81H144N16O25S6. The molecule has 17 amide bonds. The molecule has 5 aliphatic rings. The number of hydrogen-bond acceptors (Lipinski definition) is 32. The van der Waals surface area contributed by atoms with Crippen molar-refractivity contribution in [2.75, 3.05) is 98.2 Å². The third-order valence-corrected chi connectivity index (χ3v) is 24.9. The molecule has 41 nitrogen and oxygen atoms in total. The van der Waals surface area contributed by atoms with Gasteiger partial charge in [-0.1, -0.05) is 97.9 Å². The van der Waals surface area contributed by atoms with Gasteiger partial charge < -0.3 is 103 Å². The van der Waals surface area contributed by atoms with Crippen LogP contribution in [0.1, 0.15) is 249 Å². The number of nitrogens with two attached hydrogens (primary N) is 4. The van der Waals surface area contributed by atoms with Crippen LogP contribution in [0.3, 0.4) is 0 Å². The monoisotopic (exact) mass is 1930 g/mol. The maximum absolute atomic E-state index is 13.5. The zero-order valence-electron chi connectivity index (χ0n) is 76.5. The summed E-state index contributed by atoms with van der Waals surface area (Å²) in [5.74, 6) is -9.53. The van der Waals surface area contributed by atoms with Crippen molar-refractivity contribution in [3.05, 3.63) is 0 Å². The van der Waals surface area contributed by atoms with E-state index in [2.05, 4.69) is 31.9 Å².